The summed E-state index contributed by atoms with van der Waals surface area (Å²) in [5, 5.41) is 12.3. The molecule has 5 nitrogen and oxygen atoms in total. The van der Waals surface area contributed by atoms with Gasteiger partial charge in [-0.2, -0.15) is 0 Å². The molecule has 0 bridgehead atoms. The van der Waals surface area contributed by atoms with Gasteiger partial charge in [-0.1, -0.05) is 0 Å². The highest BCUT2D eigenvalue weighted by atomic mass is 16.3. The van der Waals surface area contributed by atoms with Gasteiger partial charge in [0.05, 0.1) is 6.10 Å². The highest BCUT2D eigenvalue weighted by molar-refractivity contribution is 5.75. The lowest BCUT2D eigenvalue weighted by atomic mass is 10.1. The van der Waals surface area contributed by atoms with Crippen LogP contribution in [0.25, 0.3) is 0 Å². The van der Waals surface area contributed by atoms with Crippen molar-refractivity contribution in [2.75, 3.05) is 19.6 Å². The Bertz CT molecular complexity index is 231. The molecule has 0 aromatic heterocycles. The van der Waals surface area contributed by atoms with Crippen molar-refractivity contribution in [3.63, 3.8) is 0 Å². The van der Waals surface area contributed by atoms with Crippen LogP contribution in [0.3, 0.4) is 0 Å². The van der Waals surface area contributed by atoms with Crippen LogP contribution in [0.4, 0.5) is 4.79 Å². The Hall–Kier alpha value is -0.810. The Morgan fingerprint density at radius 1 is 1.67 bits per heavy atom. The smallest absolute Gasteiger partial charge is 0.317 e. The highest BCUT2D eigenvalue weighted by Gasteiger charge is 2.26. The molecule has 2 amide bonds. The fraction of sp³-hybridized carbons (Fsp3) is 0.900. The third kappa shape index (κ3) is 3.68. The molecule has 0 aliphatic carbocycles. The standard InChI is InChI=1S/C10H21N3O2/c1-10(2,7-11)12-9(15)13-5-3-4-8(14)6-13/h8,14H,3-7,11H2,1-2H3,(H,12,15). The van der Waals surface area contributed by atoms with Crippen molar-refractivity contribution in [1.82, 2.24) is 10.2 Å². The summed E-state index contributed by atoms with van der Waals surface area (Å²) in [5.41, 5.74) is 5.14. The Morgan fingerprint density at radius 3 is 2.87 bits per heavy atom. The van der Waals surface area contributed by atoms with Gasteiger partial charge in [0.2, 0.25) is 0 Å². The van der Waals surface area contributed by atoms with E-state index in [1.54, 1.807) is 4.90 Å². The van der Waals surface area contributed by atoms with Crippen LogP contribution >= 0.6 is 0 Å². The van der Waals surface area contributed by atoms with Gasteiger partial charge in [0.15, 0.2) is 0 Å². The van der Waals surface area contributed by atoms with Gasteiger partial charge in [-0.05, 0) is 26.7 Å². The summed E-state index contributed by atoms with van der Waals surface area (Å²) < 4.78 is 0. The number of carbonyl (C=O) groups excluding carboxylic acids is 1. The molecular weight excluding hydrogens is 194 g/mol. The van der Waals surface area contributed by atoms with Crippen molar-refractivity contribution in [2.24, 2.45) is 5.73 Å². The molecule has 1 rings (SSSR count). The van der Waals surface area contributed by atoms with Crippen LogP contribution in [0.15, 0.2) is 0 Å². The van der Waals surface area contributed by atoms with Gasteiger partial charge in [-0.15, -0.1) is 0 Å². The van der Waals surface area contributed by atoms with E-state index < -0.39 is 0 Å². The molecule has 1 heterocycles. The van der Waals surface area contributed by atoms with E-state index in [9.17, 15) is 9.90 Å². The number of nitrogens with two attached hydrogens (primary N) is 1. The minimum absolute atomic E-state index is 0.135. The highest BCUT2D eigenvalue weighted by Crippen LogP contribution is 2.10. The Balaban J connectivity index is 2.46. The zero-order chi connectivity index (χ0) is 11.5. The van der Waals surface area contributed by atoms with Crippen molar-refractivity contribution in [3.05, 3.63) is 0 Å². The minimum Gasteiger partial charge on any atom is -0.391 e. The molecule has 88 valence electrons. The number of carbonyl (C=O) groups is 1. The van der Waals surface area contributed by atoms with Crippen LogP contribution in [0.1, 0.15) is 26.7 Å². The maximum atomic E-state index is 11.8. The summed E-state index contributed by atoms with van der Waals surface area (Å²) in [7, 11) is 0. The Morgan fingerprint density at radius 2 is 2.33 bits per heavy atom. The second kappa shape index (κ2) is 4.81. The molecule has 1 aliphatic heterocycles. The number of piperidine rings is 1. The van der Waals surface area contributed by atoms with E-state index >= 15 is 0 Å². The zero-order valence-corrected chi connectivity index (χ0v) is 9.49. The van der Waals surface area contributed by atoms with Crippen LogP contribution in [0.2, 0.25) is 0 Å². The number of hydrogen-bond acceptors (Lipinski definition) is 3. The number of β-amino-alcohol motifs (C(OH)–C–C–N with tert-alkyl or cyclic N) is 1. The van der Waals surface area contributed by atoms with Gasteiger partial charge in [-0.3, -0.25) is 0 Å². The first kappa shape index (κ1) is 12.3. The van der Waals surface area contributed by atoms with Crippen LogP contribution < -0.4 is 11.1 Å². The predicted molar refractivity (Wildman–Crippen MR) is 58.5 cm³/mol. The SMILES string of the molecule is CC(C)(CN)NC(=O)N1CCCC(O)C1. The van der Waals surface area contributed by atoms with E-state index in [1.807, 2.05) is 13.8 Å². The summed E-state index contributed by atoms with van der Waals surface area (Å²) in [5.74, 6) is 0. The van der Waals surface area contributed by atoms with Gasteiger partial charge in [0, 0.05) is 25.2 Å². The van der Waals surface area contributed by atoms with Crippen LogP contribution in [-0.4, -0.2) is 47.3 Å². The fourth-order valence-electron chi connectivity index (χ4n) is 1.56. The molecule has 0 radical (unpaired) electrons. The molecule has 1 saturated heterocycles. The molecule has 1 aliphatic rings. The number of likely N-dealkylation sites (tertiary alicyclic amines) is 1. The lowest BCUT2D eigenvalue weighted by molar-refractivity contribution is 0.0819. The van der Waals surface area contributed by atoms with Crippen molar-refractivity contribution >= 4 is 6.03 Å². The molecule has 1 unspecified atom stereocenters. The first-order valence-corrected chi connectivity index (χ1v) is 5.40. The molecule has 0 aromatic carbocycles. The Kier molecular flexibility index (Phi) is 3.93. The number of rotatable bonds is 2. The fourth-order valence-corrected chi connectivity index (χ4v) is 1.56. The van der Waals surface area contributed by atoms with Crippen molar-refractivity contribution in [3.8, 4) is 0 Å². The molecule has 0 saturated carbocycles. The molecule has 1 fully saturated rings. The van der Waals surface area contributed by atoms with E-state index in [-0.39, 0.29) is 17.7 Å². The lowest BCUT2D eigenvalue weighted by Gasteiger charge is -2.33. The molecule has 5 heteroatoms. The summed E-state index contributed by atoms with van der Waals surface area (Å²) in [4.78, 5) is 13.4. The topological polar surface area (TPSA) is 78.6 Å². The van der Waals surface area contributed by atoms with Gasteiger partial charge in [0.25, 0.3) is 0 Å². The van der Waals surface area contributed by atoms with Crippen LogP contribution in [0, 0.1) is 0 Å². The summed E-state index contributed by atoms with van der Waals surface area (Å²) in [6.45, 7) is 5.29. The third-order valence-electron chi connectivity index (χ3n) is 2.64. The average molecular weight is 215 g/mol. The number of amides is 2. The van der Waals surface area contributed by atoms with E-state index in [2.05, 4.69) is 5.32 Å². The largest absolute Gasteiger partial charge is 0.391 e. The number of nitrogens with zero attached hydrogens (tertiary/aromatic N) is 1. The molecule has 15 heavy (non-hydrogen) atoms. The third-order valence-corrected chi connectivity index (χ3v) is 2.64. The number of urea groups is 1. The van der Waals surface area contributed by atoms with Gasteiger partial charge < -0.3 is 21.1 Å². The van der Waals surface area contributed by atoms with E-state index in [4.69, 9.17) is 5.73 Å². The predicted octanol–water partition coefficient (Wildman–Crippen LogP) is -0.110. The molecule has 1 atom stereocenters. The number of aliphatic hydroxyl groups excluding tert-OH is 1. The van der Waals surface area contributed by atoms with Gasteiger partial charge in [0.1, 0.15) is 0 Å². The monoisotopic (exact) mass is 215 g/mol. The number of aliphatic hydroxyl groups is 1. The maximum Gasteiger partial charge on any atom is 0.317 e. The van der Waals surface area contributed by atoms with Crippen molar-refractivity contribution < 1.29 is 9.90 Å². The van der Waals surface area contributed by atoms with Gasteiger partial charge >= 0.3 is 6.03 Å². The molecule has 0 aromatic rings. The first-order chi connectivity index (χ1) is 6.94. The van der Waals surface area contributed by atoms with Crippen LogP contribution in [-0.2, 0) is 0 Å². The summed E-state index contributed by atoms with van der Waals surface area (Å²) >= 11 is 0. The lowest BCUT2D eigenvalue weighted by Crippen LogP contribution is -2.55. The molecular formula is C10H21N3O2. The minimum atomic E-state index is -0.389. The average Bonchev–Trinajstić information content (AvgIpc) is 2.17. The van der Waals surface area contributed by atoms with Crippen molar-refractivity contribution in [2.45, 2.75) is 38.3 Å². The van der Waals surface area contributed by atoms with E-state index in [0.29, 0.717) is 19.6 Å². The van der Waals surface area contributed by atoms with E-state index in [1.165, 1.54) is 0 Å². The quantitative estimate of drug-likeness (QED) is 0.601. The van der Waals surface area contributed by atoms with Crippen molar-refractivity contribution in [1.29, 1.82) is 0 Å². The summed E-state index contributed by atoms with van der Waals surface area (Å²) in [6, 6.07) is -0.135. The maximum absolute atomic E-state index is 11.8. The molecule has 0 spiro atoms. The molecule has 4 N–H and O–H groups in total. The second-order valence-electron chi connectivity index (χ2n) is 4.76. The first-order valence-electron chi connectivity index (χ1n) is 5.40. The Labute approximate surface area is 90.6 Å². The summed E-state index contributed by atoms with van der Waals surface area (Å²) in [6.07, 6.45) is 1.26. The zero-order valence-electron chi connectivity index (χ0n) is 9.49. The normalized spacial score (nSPS) is 22.7. The second-order valence-corrected chi connectivity index (χ2v) is 4.76. The number of hydrogen-bond donors (Lipinski definition) is 3. The van der Waals surface area contributed by atoms with E-state index in [0.717, 1.165) is 12.8 Å². The number of nitrogens with one attached hydrogen (secondary N) is 1. The van der Waals surface area contributed by atoms with Crippen LogP contribution in [0.5, 0.6) is 0 Å². The van der Waals surface area contributed by atoms with Gasteiger partial charge in [-0.25, -0.2) is 4.79 Å².